The van der Waals surface area contributed by atoms with Gasteiger partial charge in [0, 0.05) is 43.8 Å². The first kappa shape index (κ1) is 21.0. The molecule has 29 heavy (non-hydrogen) atoms. The molecule has 1 amide bonds. The molecule has 1 aromatic carbocycles. The van der Waals surface area contributed by atoms with Gasteiger partial charge in [-0.25, -0.2) is 4.98 Å². The molecule has 0 saturated carbocycles. The van der Waals surface area contributed by atoms with Crippen LogP contribution in [0, 0.1) is 10.1 Å². The van der Waals surface area contributed by atoms with Crippen LogP contribution in [0.3, 0.4) is 0 Å². The van der Waals surface area contributed by atoms with Crippen molar-refractivity contribution < 1.29 is 23.9 Å². The fourth-order valence-electron chi connectivity index (χ4n) is 3.35. The molecule has 1 unspecified atom stereocenters. The molecule has 0 bridgehead atoms. The van der Waals surface area contributed by atoms with Gasteiger partial charge >= 0.3 is 0 Å². The number of ether oxygens (including phenoxy) is 3. The second-order valence-corrected chi connectivity index (χ2v) is 7.51. The second-order valence-electron chi connectivity index (χ2n) is 6.58. The van der Waals surface area contributed by atoms with Crippen molar-refractivity contribution in [2.45, 2.75) is 18.8 Å². The Kier molecular flexibility index (Phi) is 6.99. The minimum absolute atomic E-state index is 0.00858. The van der Waals surface area contributed by atoms with Gasteiger partial charge in [-0.2, -0.15) is 0 Å². The fraction of sp³-hybridized carbons (Fsp3) is 0.474. The fourth-order valence-corrected chi connectivity index (χ4v) is 4.12. The quantitative estimate of drug-likeness (QED) is 0.366. The molecule has 2 heterocycles. The van der Waals surface area contributed by atoms with E-state index < -0.39 is 4.92 Å². The lowest BCUT2D eigenvalue weighted by molar-refractivity contribution is -0.385. The zero-order valence-corrected chi connectivity index (χ0v) is 17.1. The first-order chi connectivity index (χ1) is 14.0. The average Bonchev–Trinajstić information content (AvgIpc) is 3.28. The largest absolute Gasteiger partial charge is 0.493 e. The summed E-state index contributed by atoms with van der Waals surface area (Å²) in [5.74, 6) is 0.223. The van der Waals surface area contributed by atoms with E-state index in [2.05, 4.69) is 4.98 Å². The molecule has 0 spiro atoms. The Balaban J connectivity index is 1.87. The number of nitrogens with zero attached hydrogens (tertiary/aromatic N) is 3. The van der Waals surface area contributed by atoms with E-state index in [1.165, 1.54) is 26.4 Å². The molecule has 156 valence electrons. The molecule has 1 aromatic heterocycles. The van der Waals surface area contributed by atoms with Crippen molar-refractivity contribution >= 4 is 22.9 Å². The molecule has 1 saturated heterocycles. The van der Waals surface area contributed by atoms with Gasteiger partial charge in [0.15, 0.2) is 11.5 Å². The number of methoxy groups -OCH3 is 2. The molecular weight excluding hydrogens is 398 g/mol. The molecule has 10 heteroatoms. The van der Waals surface area contributed by atoms with Crippen molar-refractivity contribution in [1.82, 2.24) is 9.88 Å². The SMILES string of the molecule is COCCOc1cc([N+](=O)[O-])c(C(=O)N2CCCC(c3nccs3)C2)cc1OC. The number of rotatable bonds is 8. The standard InChI is InChI=1S/C19H23N3O6S/c1-26-7-8-28-17-11-15(22(24)25)14(10-16(17)27-2)19(23)21-6-3-4-13(12-21)18-20-5-9-29-18/h5,9-11,13H,3-4,6-8,12H2,1-2H3. The number of benzene rings is 1. The number of likely N-dealkylation sites (tertiary alicyclic amines) is 1. The maximum Gasteiger partial charge on any atom is 0.286 e. The average molecular weight is 421 g/mol. The van der Waals surface area contributed by atoms with E-state index in [1.807, 2.05) is 5.38 Å². The number of thiazole rings is 1. The number of piperidine rings is 1. The number of aromatic nitrogens is 1. The lowest BCUT2D eigenvalue weighted by Gasteiger charge is -2.31. The van der Waals surface area contributed by atoms with Gasteiger partial charge in [0.05, 0.1) is 29.7 Å². The van der Waals surface area contributed by atoms with Crippen LogP contribution in [0.2, 0.25) is 0 Å². The van der Waals surface area contributed by atoms with Gasteiger partial charge in [-0.15, -0.1) is 11.3 Å². The number of carbonyl (C=O) groups is 1. The topological polar surface area (TPSA) is 104 Å². The molecular formula is C19H23N3O6S. The summed E-state index contributed by atoms with van der Waals surface area (Å²) in [4.78, 5) is 30.3. The van der Waals surface area contributed by atoms with E-state index in [0.29, 0.717) is 19.7 Å². The second kappa shape index (κ2) is 9.66. The van der Waals surface area contributed by atoms with Crippen LogP contribution in [0.15, 0.2) is 23.7 Å². The van der Waals surface area contributed by atoms with Crippen molar-refractivity contribution in [3.8, 4) is 11.5 Å². The predicted octanol–water partition coefficient (Wildman–Crippen LogP) is 3.10. The first-order valence-corrected chi connectivity index (χ1v) is 10.1. The van der Waals surface area contributed by atoms with Crippen molar-refractivity contribution in [2.75, 3.05) is 40.5 Å². The summed E-state index contributed by atoms with van der Waals surface area (Å²) in [6.45, 7) is 1.56. The highest BCUT2D eigenvalue weighted by molar-refractivity contribution is 7.09. The molecule has 1 fully saturated rings. The molecule has 1 atom stereocenters. The predicted molar refractivity (Wildman–Crippen MR) is 107 cm³/mol. The monoisotopic (exact) mass is 421 g/mol. The normalized spacial score (nSPS) is 16.5. The molecule has 2 aromatic rings. The number of nitro benzene ring substituents is 1. The minimum atomic E-state index is -0.571. The van der Waals surface area contributed by atoms with Crippen LogP contribution in [0.1, 0.15) is 34.1 Å². The highest BCUT2D eigenvalue weighted by Gasteiger charge is 2.32. The first-order valence-electron chi connectivity index (χ1n) is 9.22. The Bertz CT molecular complexity index is 858. The minimum Gasteiger partial charge on any atom is -0.493 e. The summed E-state index contributed by atoms with van der Waals surface area (Å²) in [6.07, 6.45) is 3.51. The van der Waals surface area contributed by atoms with Crippen LogP contribution >= 0.6 is 11.3 Å². The highest BCUT2D eigenvalue weighted by Crippen LogP contribution is 2.36. The molecule has 3 rings (SSSR count). The molecule has 0 radical (unpaired) electrons. The van der Waals surface area contributed by atoms with Gasteiger partial charge in [0.1, 0.15) is 12.2 Å². The van der Waals surface area contributed by atoms with Gasteiger partial charge in [-0.3, -0.25) is 14.9 Å². The Labute approximate surface area is 172 Å². The zero-order valence-electron chi connectivity index (χ0n) is 16.3. The third-order valence-corrected chi connectivity index (χ3v) is 5.70. The van der Waals surface area contributed by atoms with E-state index in [4.69, 9.17) is 14.2 Å². The van der Waals surface area contributed by atoms with Crippen LogP contribution < -0.4 is 9.47 Å². The summed E-state index contributed by atoms with van der Waals surface area (Å²) in [5.41, 5.74) is -0.315. The van der Waals surface area contributed by atoms with Crippen molar-refractivity contribution in [3.63, 3.8) is 0 Å². The van der Waals surface area contributed by atoms with E-state index in [-0.39, 0.29) is 41.2 Å². The molecule has 1 aliphatic rings. The highest BCUT2D eigenvalue weighted by atomic mass is 32.1. The van der Waals surface area contributed by atoms with E-state index in [0.717, 1.165) is 17.8 Å². The zero-order chi connectivity index (χ0) is 20.8. The third-order valence-electron chi connectivity index (χ3n) is 4.76. The van der Waals surface area contributed by atoms with Crippen LogP contribution in [0.25, 0.3) is 0 Å². The van der Waals surface area contributed by atoms with E-state index >= 15 is 0 Å². The molecule has 9 nitrogen and oxygen atoms in total. The van der Waals surface area contributed by atoms with Crippen LogP contribution in [0.5, 0.6) is 11.5 Å². The van der Waals surface area contributed by atoms with Gasteiger partial charge in [0.2, 0.25) is 0 Å². The Morgan fingerprint density at radius 3 is 2.83 bits per heavy atom. The third kappa shape index (κ3) is 4.83. The van der Waals surface area contributed by atoms with Crippen LogP contribution in [-0.2, 0) is 4.74 Å². The summed E-state index contributed by atoms with van der Waals surface area (Å²) in [5, 5.41) is 14.5. The Morgan fingerprint density at radius 2 is 2.17 bits per heavy atom. The summed E-state index contributed by atoms with van der Waals surface area (Å²) < 4.78 is 15.8. The maximum atomic E-state index is 13.2. The van der Waals surface area contributed by atoms with Crippen LogP contribution in [-0.4, -0.2) is 61.2 Å². The summed E-state index contributed by atoms with van der Waals surface area (Å²) in [7, 11) is 2.96. The Hall–Kier alpha value is -2.72. The number of nitro groups is 1. The summed E-state index contributed by atoms with van der Waals surface area (Å²) >= 11 is 1.56. The van der Waals surface area contributed by atoms with Gasteiger partial charge in [-0.1, -0.05) is 0 Å². The lowest BCUT2D eigenvalue weighted by atomic mass is 9.97. The van der Waals surface area contributed by atoms with E-state index in [1.54, 1.807) is 22.4 Å². The van der Waals surface area contributed by atoms with Crippen molar-refractivity contribution in [2.24, 2.45) is 0 Å². The van der Waals surface area contributed by atoms with Crippen molar-refractivity contribution in [3.05, 3.63) is 44.4 Å². The maximum absolute atomic E-state index is 13.2. The number of hydrogen-bond donors (Lipinski definition) is 0. The lowest BCUT2D eigenvalue weighted by Crippen LogP contribution is -2.39. The Morgan fingerprint density at radius 1 is 1.34 bits per heavy atom. The number of carbonyl (C=O) groups excluding carboxylic acids is 1. The number of hydrogen-bond acceptors (Lipinski definition) is 8. The van der Waals surface area contributed by atoms with Gasteiger partial charge < -0.3 is 19.1 Å². The van der Waals surface area contributed by atoms with Gasteiger partial charge in [-0.05, 0) is 12.8 Å². The molecule has 1 aliphatic heterocycles. The molecule has 0 aliphatic carbocycles. The van der Waals surface area contributed by atoms with Crippen molar-refractivity contribution in [1.29, 1.82) is 0 Å². The number of amides is 1. The smallest absolute Gasteiger partial charge is 0.286 e. The van der Waals surface area contributed by atoms with Crippen LogP contribution in [0.4, 0.5) is 5.69 Å². The summed E-state index contributed by atoms with van der Waals surface area (Å²) in [6, 6.07) is 2.62. The van der Waals surface area contributed by atoms with E-state index in [9.17, 15) is 14.9 Å². The molecule has 0 N–H and O–H groups in total. The van der Waals surface area contributed by atoms with Gasteiger partial charge in [0.25, 0.3) is 11.6 Å².